The van der Waals surface area contributed by atoms with Gasteiger partial charge in [0.2, 0.25) is 5.91 Å². The Morgan fingerprint density at radius 2 is 1.91 bits per heavy atom. The summed E-state index contributed by atoms with van der Waals surface area (Å²) in [5.74, 6) is 1.56. The number of carbonyl (C=O) groups is 1. The summed E-state index contributed by atoms with van der Waals surface area (Å²) in [6.07, 6.45) is 7.05. The van der Waals surface area contributed by atoms with E-state index in [-0.39, 0.29) is 5.91 Å². The quantitative estimate of drug-likeness (QED) is 0.378. The van der Waals surface area contributed by atoms with Crippen LogP contribution in [0.4, 0.5) is 5.69 Å². The third kappa shape index (κ3) is 5.92. The molecule has 0 fully saturated rings. The molecule has 0 saturated heterocycles. The van der Waals surface area contributed by atoms with Crippen molar-refractivity contribution in [2.75, 3.05) is 5.32 Å². The van der Waals surface area contributed by atoms with Crippen LogP contribution in [-0.2, 0) is 17.9 Å². The summed E-state index contributed by atoms with van der Waals surface area (Å²) in [6.45, 7) is 5.15. The average molecular weight is 445 g/mol. The number of imidazole rings is 1. The van der Waals surface area contributed by atoms with Gasteiger partial charge in [0.05, 0.1) is 10.7 Å². The molecule has 2 aromatic carbocycles. The number of amides is 1. The van der Waals surface area contributed by atoms with Gasteiger partial charge in [-0.05, 0) is 55.3 Å². The van der Waals surface area contributed by atoms with Crippen LogP contribution in [0.3, 0.4) is 0 Å². The Labute approximate surface area is 191 Å². The van der Waals surface area contributed by atoms with E-state index in [1.54, 1.807) is 23.6 Å². The summed E-state index contributed by atoms with van der Waals surface area (Å²) < 4.78 is 7.83. The number of anilines is 1. The first-order chi connectivity index (χ1) is 15.5. The highest BCUT2D eigenvalue weighted by Crippen LogP contribution is 2.17. The van der Waals surface area contributed by atoms with Gasteiger partial charge < -0.3 is 14.6 Å². The molecule has 0 unspecified atom stereocenters. The first-order valence-electron chi connectivity index (χ1n) is 10.2. The SMILES string of the molecule is Cc1nc(COc2ccc(/C=C/C(=O)Nc3ccc(Cn4ccnc4C)cc3)cc2)cs1. The van der Waals surface area contributed by atoms with Crippen LogP contribution in [0, 0.1) is 13.8 Å². The lowest BCUT2D eigenvalue weighted by molar-refractivity contribution is -0.111. The number of carbonyl (C=O) groups excluding carboxylic acids is 1. The van der Waals surface area contributed by atoms with Crippen LogP contribution in [0.2, 0.25) is 0 Å². The number of rotatable bonds is 8. The molecule has 2 aromatic heterocycles. The van der Waals surface area contributed by atoms with Crippen LogP contribution in [-0.4, -0.2) is 20.4 Å². The Balaban J connectivity index is 1.27. The third-order valence-electron chi connectivity index (χ3n) is 4.86. The molecule has 6 nitrogen and oxygen atoms in total. The minimum atomic E-state index is -0.178. The molecule has 32 heavy (non-hydrogen) atoms. The molecule has 2 heterocycles. The second-order valence-corrected chi connectivity index (χ2v) is 8.40. The van der Waals surface area contributed by atoms with Crippen molar-refractivity contribution in [1.29, 1.82) is 0 Å². The lowest BCUT2D eigenvalue weighted by Crippen LogP contribution is -2.08. The molecular weight excluding hydrogens is 420 g/mol. The number of benzene rings is 2. The summed E-state index contributed by atoms with van der Waals surface area (Å²) in [7, 11) is 0. The van der Waals surface area contributed by atoms with E-state index >= 15 is 0 Å². The van der Waals surface area contributed by atoms with Crippen LogP contribution in [0.5, 0.6) is 5.75 Å². The molecule has 162 valence electrons. The molecule has 0 aliphatic rings. The van der Waals surface area contributed by atoms with Crippen molar-refractivity contribution >= 4 is 29.0 Å². The second kappa shape index (κ2) is 10.1. The van der Waals surface area contributed by atoms with Crippen molar-refractivity contribution in [1.82, 2.24) is 14.5 Å². The van der Waals surface area contributed by atoms with Crippen molar-refractivity contribution < 1.29 is 9.53 Å². The Bertz CT molecular complexity index is 1210. The van der Waals surface area contributed by atoms with Crippen molar-refractivity contribution in [2.24, 2.45) is 0 Å². The summed E-state index contributed by atoms with van der Waals surface area (Å²) in [4.78, 5) is 20.9. The molecular formula is C25H24N4O2S. The Hall–Kier alpha value is -3.71. The maximum Gasteiger partial charge on any atom is 0.248 e. The molecule has 0 atom stereocenters. The predicted molar refractivity (Wildman–Crippen MR) is 128 cm³/mol. The zero-order valence-electron chi connectivity index (χ0n) is 18.0. The monoisotopic (exact) mass is 444 g/mol. The molecule has 4 aromatic rings. The van der Waals surface area contributed by atoms with E-state index in [1.165, 1.54) is 6.08 Å². The lowest BCUT2D eigenvalue weighted by atomic mass is 10.2. The number of ether oxygens (including phenoxy) is 1. The maximum absolute atomic E-state index is 12.3. The number of aryl methyl sites for hydroxylation is 2. The van der Waals surface area contributed by atoms with E-state index in [9.17, 15) is 4.79 Å². The van der Waals surface area contributed by atoms with E-state index in [4.69, 9.17) is 4.74 Å². The minimum Gasteiger partial charge on any atom is -0.487 e. The first-order valence-corrected chi connectivity index (χ1v) is 11.1. The van der Waals surface area contributed by atoms with Crippen molar-refractivity contribution in [3.05, 3.63) is 100 Å². The highest BCUT2D eigenvalue weighted by atomic mass is 32.1. The topological polar surface area (TPSA) is 69.0 Å². The molecule has 4 rings (SSSR count). The molecule has 0 radical (unpaired) electrons. The molecule has 0 bridgehead atoms. The molecule has 0 aliphatic heterocycles. The Morgan fingerprint density at radius 1 is 1.12 bits per heavy atom. The van der Waals surface area contributed by atoms with Crippen LogP contribution in [0.1, 0.15) is 27.7 Å². The van der Waals surface area contributed by atoms with Gasteiger partial charge in [0, 0.05) is 36.1 Å². The third-order valence-corrected chi connectivity index (χ3v) is 5.68. The fourth-order valence-electron chi connectivity index (χ4n) is 3.12. The van der Waals surface area contributed by atoms with E-state index in [2.05, 4.69) is 19.9 Å². The van der Waals surface area contributed by atoms with Gasteiger partial charge in [-0.3, -0.25) is 4.79 Å². The summed E-state index contributed by atoms with van der Waals surface area (Å²) in [5, 5.41) is 5.92. The Kier molecular flexibility index (Phi) is 6.77. The summed E-state index contributed by atoms with van der Waals surface area (Å²) in [5.41, 5.74) is 3.75. The van der Waals surface area contributed by atoms with Crippen molar-refractivity contribution in [3.63, 3.8) is 0 Å². The molecule has 0 aliphatic carbocycles. The van der Waals surface area contributed by atoms with Gasteiger partial charge in [-0.25, -0.2) is 9.97 Å². The van der Waals surface area contributed by atoms with Gasteiger partial charge >= 0.3 is 0 Å². The summed E-state index contributed by atoms with van der Waals surface area (Å²) >= 11 is 1.61. The van der Waals surface area contributed by atoms with E-state index < -0.39 is 0 Å². The largest absolute Gasteiger partial charge is 0.487 e. The van der Waals surface area contributed by atoms with E-state index in [0.717, 1.165) is 45.6 Å². The van der Waals surface area contributed by atoms with Crippen molar-refractivity contribution in [3.8, 4) is 5.75 Å². The number of thiazole rings is 1. The van der Waals surface area contributed by atoms with Gasteiger partial charge in [0.25, 0.3) is 0 Å². The zero-order valence-corrected chi connectivity index (χ0v) is 18.8. The number of hydrogen-bond donors (Lipinski definition) is 1. The molecule has 0 spiro atoms. The number of nitrogens with zero attached hydrogens (tertiary/aromatic N) is 3. The van der Waals surface area contributed by atoms with Crippen LogP contribution in [0.15, 0.2) is 72.4 Å². The molecule has 1 amide bonds. The van der Waals surface area contributed by atoms with Gasteiger partial charge in [-0.15, -0.1) is 11.3 Å². The Morgan fingerprint density at radius 3 is 2.56 bits per heavy atom. The second-order valence-electron chi connectivity index (χ2n) is 7.34. The van der Waals surface area contributed by atoms with Crippen LogP contribution >= 0.6 is 11.3 Å². The normalized spacial score (nSPS) is 11.1. The van der Waals surface area contributed by atoms with E-state index in [0.29, 0.717) is 6.61 Å². The van der Waals surface area contributed by atoms with Gasteiger partial charge in [0.15, 0.2) is 0 Å². The van der Waals surface area contributed by atoms with Gasteiger partial charge in [-0.1, -0.05) is 24.3 Å². The fraction of sp³-hybridized carbons (Fsp3) is 0.160. The highest BCUT2D eigenvalue weighted by molar-refractivity contribution is 7.09. The average Bonchev–Trinajstić information content (AvgIpc) is 3.40. The number of aromatic nitrogens is 3. The van der Waals surface area contributed by atoms with Gasteiger partial charge in [0.1, 0.15) is 18.2 Å². The molecule has 1 N–H and O–H groups in total. The first kappa shape index (κ1) is 21.5. The maximum atomic E-state index is 12.3. The van der Waals surface area contributed by atoms with Gasteiger partial charge in [-0.2, -0.15) is 0 Å². The highest BCUT2D eigenvalue weighted by Gasteiger charge is 2.02. The molecule has 0 saturated carbocycles. The standard InChI is InChI=1S/C25H24N4O2S/c1-18-26-13-14-29(18)15-21-3-8-22(9-4-21)28-25(30)12-7-20-5-10-24(11-6-20)31-16-23-17-32-19(2)27-23/h3-14,17H,15-16H2,1-2H3,(H,28,30)/b12-7+. The predicted octanol–water partition coefficient (Wildman–Crippen LogP) is 5.24. The minimum absolute atomic E-state index is 0.178. The molecule has 7 heteroatoms. The number of nitrogens with one attached hydrogen (secondary N) is 1. The van der Waals surface area contributed by atoms with Crippen LogP contribution in [0.25, 0.3) is 6.08 Å². The summed E-state index contributed by atoms with van der Waals surface area (Å²) in [6, 6.07) is 15.4. The lowest BCUT2D eigenvalue weighted by Gasteiger charge is -2.07. The zero-order chi connectivity index (χ0) is 22.3. The fourth-order valence-corrected chi connectivity index (χ4v) is 3.72. The van der Waals surface area contributed by atoms with E-state index in [1.807, 2.05) is 74.0 Å². The smallest absolute Gasteiger partial charge is 0.248 e. The van der Waals surface area contributed by atoms with Crippen molar-refractivity contribution in [2.45, 2.75) is 27.0 Å². The van der Waals surface area contributed by atoms with Crippen LogP contribution < -0.4 is 10.1 Å². The number of hydrogen-bond acceptors (Lipinski definition) is 5.